The Morgan fingerprint density at radius 1 is 0.389 bits per heavy atom. The van der Waals surface area contributed by atoms with Gasteiger partial charge in [-0.25, -0.2) is 0 Å². The van der Waals surface area contributed by atoms with E-state index in [4.69, 9.17) is 0 Å². The molecule has 54 heavy (non-hydrogen) atoms. The van der Waals surface area contributed by atoms with Crippen molar-refractivity contribution >= 4 is 11.8 Å². The molecule has 4 heterocycles. The maximum absolute atomic E-state index is 14.3. The molecule has 0 saturated carbocycles. The van der Waals surface area contributed by atoms with Crippen molar-refractivity contribution in [2.24, 2.45) is 35.5 Å². The number of rotatable bonds is 13. The monoisotopic (exact) mass is 757 g/mol. The Bertz CT molecular complexity index is 1060. The van der Waals surface area contributed by atoms with E-state index in [-0.39, 0.29) is 68.0 Å². The molecule has 0 aromatic rings. The van der Waals surface area contributed by atoms with Crippen LogP contribution in [0.25, 0.3) is 0 Å². The summed E-state index contributed by atoms with van der Waals surface area (Å²) in [6, 6.07) is 0. The Morgan fingerprint density at radius 2 is 0.574 bits per heavy atom. The molecule has 0 aliphatic carbocycles. The molecule has 6 N–H and O–H groups in total. The van der Waals surface area contributed by atoms with Crippen LogP contribution in [-0.2, 0) is 9.59 Å². The van der Waals surface area contributed by atoms with Gasteiger partial charge in [-0.15, -0.1) is 0 Å². The van der Waals surface area contributed by atoms with Crippen LogP contribution in [0.5, 0.6) is 0 Å². The third-order valence-corrected chi connectivity index (χ3v) is 13.2. The SMILES string of the molecule is CC1(C)CC(C(C(=O)NCCCCCCNC(=O)C(C2CC(C)(C)NC(C)(C)C2)C2CC(C)(C)NC(C)(C)C2)C2CC(C)(C)NC(C)(C)C2)CC(C)(C)N1. The van der Waals surface area contributed by atoms with Gasteiger partial charge in [0.05, 0.1) is 0 Å². The zero-order chi connectivity index (χ0) is 40.8. The second-order valence-corrected chi connectivity index (χ2v) is 24.3. The molecule has 8 nitrogen and oxygen atoms in total. The quantitative estimate of drug-likeness (QED) is 0.106. The van der Waals surface area contributed by atoms with Crippen LogP contribution in [0.1, 0.15) is 188 Å². The van der Waals surface area contributed by atoms with Crippen molar-refractivity contribution in [1.29, 1.82) is 0 Å². The molecule has 0 bridgehead atoms. The van der Waals surface area contributed by atoms with Gasteiger partial charge in [-0.1, -0.05) is 12.8 Å². The molecule has 4 fully saturated rings. The van der Waals surface area contributed by atoms with Gasteiger partial charge in [0.15, 0.2) is 0 Å². The van der Waals surface area contributed by atoms with Gasteiger partial charge in [-0.3, -0.25) is 9.59 Å². The minimum atomic E-state index is -0.0000843. The van der Waals surface area contributed by atoms with Crippen LogP contribution in [0.15, 0.2) is 0 Å². The van der Waals surface area contributed by atoms with E-state index in [0.717, 1.165) is 90.1 Å². The van der Waals surface area contributed by atoms with E-state index in [1.165, 1.54) is 0 Å². The zero-order valence-electron chi connectivity index (χ0n) is 38.2. The Balaban J connectivity index is 1.32. The largest absolute Gasteiger partial charge is 0.356 e. The molecule has 4 aliphatic rings. The lowest BCUT2D eigenvalue weighted by atomic mass is 9.62. The van der Waals surface area contributed by atoms with E-state index in [0.29, 0.717) is 23.7 Å². The van der Waals surface area contributed by atoms with Gasteiger partial charge in [-0.05, 0) is 199 Å². The smallest absolute Gasteiger partial charge is 0.223 e. The van der Waals surface area contributed by atoms with Crippen LogP contribution in [0.4, 0.5) is 0 Å². The second-order valence-electron chi connectivity index (χ2n) is 24.3. The summed E-state index contributed by atoms with van der Waals surface area (Å²) < 4.78 is 0. The summed E-state index contributed by atoms with van der Waals surface area (Å²) in [5.41, 5.74) is -0.000674. The highest BCUT2D eigenvalue weighted by Gasteiger charge is 2.51. The van der Waals surface area contributed by atoms with Crippen molar-refractivity contribution in [2.45, 2.75) is 232 Å². The predicted octanol–water partition coefficient (Wildman–Crippen LogP) is 8.24. The lowest BCUT2D eigenvalue weighted by molar-refractivity contribution is -0.133. The number of unbranched alkanes of at least 4 members (excludes halogenated alkanes) is 3. The molecule has 0 unspecified atom stereocenters. The summed E-state index contributed by atoms with van der Waals surface area (Å²) >= 11 is 0. The summed E-state index contributed by atoms with van der Waals surface area (Å²) in [6.45, 7) is 38.3. The van der Waals surface area contributed by atoms with Crippen LogP contribution < -0.4 is 31.9 Å². The highest BCUT2D eigenvalue weighted by molar-refractivity contribution is 5.80. The van der Waals surface area contributed by atoms with E-state index in [9.17, 15) is 9.59 Å². The maximum atomic E-state index is 14.3. The molecule has 0 aromatic carbocycles. The van der Waals surface area contributed by atoms with Crippen molar-refractivity contribution in [3.8, 4) is 0 Å². The van der Waals surface area contributed by atoms with Gasteiger partial charge >= 0.3 is 0 Å². The van der Waals surface area contributed by atoms with Crippen molar-refractivity contribution in [1.82, 2.24) is 31.9 Å². The Morgan fingerprint density at radius 3 is 0.759 bits per heavy atom. The molecule has 0 aromatic heterocycles. The Hall–Kier alpha value is -1.22. The fraction of sp³-hybridized carbons (Fsp3) is 0.957. The third-order valence-electron chi connectivity index (χ3n) is 13.2. The minimum absolute atomic E-state index is 0.0000843. The Labute approximate surface area is 333 Å². The first-order chi connectivity index (χ1) is 24.4. The van der Waals surface area contributed by atoms with Crippen LogP contribution in [0.2, 0.25) is 0 Å². The van der Waals surface area contributed by atoms with Gasteiger partial charge in [0.2, 0.25) is 11.8 Å². The van der Waals surface area contributed by atoms with Crippen molar-refractivity contribution < 1.29 is 9.59 Å². The molecule has 314 valence electrons. The zero-order valence-corrected chi connectivity index (χ0v) is 38.2. The first kappa shape index (κ1) is 45.5. The van der Waals surface area contributed by atoms with Gasteiger partial charge in [0.1, 0.15) is 0 Å². The average molecular weight is 757 g/mol. The number of carbonyl (C=O) groups is 2. The van der Waals surface area contributed by atoms with Gasteiger partial charge < -0.3 is 31.9 Å². The number of hydrogen-bond acceptors (Lipinski definition) is 6. The number of nitrogens with one attached hydrogen (secondary N) is 6. The summed E-state index contributed by atoms with van der Waals surface area (Å²) in [6.07, 6.45) is 12.2. The molecule has 0 spiro atoms. The topological polar surface area (TPSA) is 106 Å². The highest BCUT2D eigenvalue weighted by atomic mass is 16.2. The molecular weight excluding hydrogens is 669 g/mol. The fourth-order valence-corrected chi connectivity index (χ4v) is 13.5. The fourth-order valence-electron chi connectivity index (χ4n) is 13.5. The standard InChI is InChI=1S/C46H88N6O2/c1-39(2)23-31(24-40(3,4)49-39)35(32-25-41(5,6)50-42(7,8)26-32)37(53)47-21-19-17-18-20-22-48-38(54)36(33-27-43(9,10)51-44(11,12)28-33)34-29-45(13,14)52-46(15,16)30-34/h31-36,49-52H,17-30H2,1-16H3,(H,47,53)(H,48,54). The van der Waals surface area contributed by atoms with Crippen LogP contribution >= 0.6 is 0 Å². The molecular formula is C46H88N6O2. The van der Waals surface area contributed by atoms with E-state index in [2.05, 4.69) is 143 Å². The molecule has 2 amide bonds. The molecule has 0 radical (unpaired) electrons. The first-order valence-electron chi connectivity index (χ1n) is 22.1. The van der Waals surface area contributed by atoms with Crippen LogP contribution in [0.3, 0.4) is 0 Å². The molecule has 4 aliphatic heterocycles. The van der Waals surface area contributed by atoms with Crippen molar-refractivity contribution in [3.63, 3.8) is 0 Å². The molecule has 8 heteroatoms. The summed E-state index contributed by atoms with van der Waals surface area (Å²) in [5, 5.41) is 22.3. The minimum Gasteiger partial charge on any atom is -0.356 e. The Kier molecular flexibility index (Phi) is 13.6. The van der Waals surface area contributed by atoms with Crippen molar-refractivity contribution in [2.75, 3.05) is 13.1 Å². The van der Waals surface area contributed by atoms with Crippen molar-refractivity contribution in [3.05, 3.63) is 0 Å². The van der Waals surface area contributed by atoms with E-state index in [1.807, 2.05) is 0 Å². The van der Waals surface area contributed by atoms with E-state index in [1.54, 1.807) is 0 Å². The highest BCUT2D eigenvalue weighted by Crippen LogP contribution is 2.47. The number of amides is 2. The number of piperidine rings is 4. The molecule has 4 saturated heterocycles. The van der Waals surface area contributed by atoms with Gasteiger partial charge in [0.25, 0.3) is 0 Å². The van der Waals surface area contributed by atoms with E-state index < -0.39 is 0 Å². The number of carbonyl (C=O) groups excluding carboxylic acids is 2. The first-order valence-corrected chi connectivity index (χ1v) is 22.1. The summed E-state index contributed by atoms with van der Waals surface area (Å²) in [7, 11) is 0. The number of hydrogen-bond donors (Lipinski definition) is 6. The van der Waals surface area contributed by atoms with Gasteiger partial charge in [-0.2, -0.15) is 0 Å². The molecule has 0 atom stereocenters. The van der Waals surface area contributed by atoms with E-state index >= 15 is 0 Å². The lowest BCUT2D eigenvalue weighted by Crippen LogP contribution is -2.63. The van der Waals surface area contributed by atoms with Gasteiger partial charge in [0, 0.05) is 69.2 Å². The average Bonchev–Trinajstić information content (AvgIpc) is 2.87. The predicted molar refractivity (Wildman–Crippen MR) is 228 cm³/mol. The third kappa shape index (κ3) is 13.2. The molecule has 4 rings (SSSR count). The second kappa shape index (κ2) is 16.2. The normalized spacial score (nSPS) is 27.8. The lowest BCUT2D eigenvalue weighted by Gasteiger charge is -2.53. The van der Waals surface area contributed by atoms with Crippen LogP contribution in [0, 0.1) is 35.5 Å². The summed E-state index contributed by atoms with van der Waals surface area (Å²) in [4.78, 5) is 28.5. The summed E-state index contributed by atoms with van der Waals surface area (Å²) in [5.74, 6) is 1.95. The maximum Gasteiger partial charge on any atom is 0.223 e. The van der Waals surface area contributed by atoms with Crippen LogP contribution in [-0.4, -0.2) is 69.2 Å².